The molecule has 2 atom stereocenters. The van der Waals surface area contributed by atoms with E-state index in [-0.39, 0.29) is 22.9 Å². The Morgan fingerprint density at radius 3 is 2.30 bits per heavy atom. The molecule has 0 aromatic heterocycles. The van der Waals surface area contributed by atoms with E-state index in [1.807, 2.05) is 30.3 Å². The Labute approximate surface area is 199 Å². The van der Waals surface area contributed by atoms with Gasteiger partial charge in [-0.15, -0.1) is 11.8 Å². The number of fused-ring (bicyclic) bond motifs is 1. The van der Waals surface area contributed by atoms with Crippen LogP contribution in [0.1, 0.15) is 41.7 Å². The average molecular weight is 464 g/mol. The molecule has 0 aliphatic carbocycles. The Morgan fingerprint density at radius 2 is 1.55 bits per heavy atom. The maximum absolute atomic E-state index is 9.91. The van der Waals surface area contributed by atoms with Gasteiger partial charge in [-0.25, -0.2) is 0 Å². The third kappa shape index (κ3) is 5.23. The summed E-state index contributed by atoms with van der Waals surface area (Å²) in [5.41, 5.74) is 2.11. The van der Waals surface area contributed by atoms with Gasteiger partial charge in [0.15, 0.2) is 0 Å². The fourth-order valence-corrected chi connectivity index (χ4v) is 5.74. The van der Waals surface area contributed by atoms with Crippen molar-refractivity contribution in [2.24, 2.45) is 0 Å². The second-order valence-corrected chi connectivity index (χ2v) is 9.80. The Bertz CT molecular complexity index is 1060. The van der Waals surface area contributed by atoms with Crippen molar-refractivity contribution in [3.05, 3.63) is 77.9 Å². The highest BCUT2D eigenvalue weighted by molar-refractivity contribution is 7.99. The number of rotatable bonds is 6. The van der Waals surface area contributed by atoms with Crippen molar-refractivity contribution in [1.82, 2.24) is 4.90 Å². The number of phenols is 2. The van der Waals surface area contributed by atoms with Gasteiger partial charge in [0, 0.05) is 12.6 Å². The van der Waals surface area contributed by atoms with Crippen molar-refractivity contribution >= 4 is 11.8 Å². The molecule has 5 rings (SSSR count). The summed E-state index contributed by atoms with van der Waals surface area (Å²) in [4.78, 5) is 3.47. The molecule has 0 unspecified atom stereocenters. The number of ether oxygens (including phenoxy) is 2. The van der Waals surface area contributed by atoms with Crippen LogP contribution in [-0.4, -0.2) is 41.4 Å². The van der Waals surface area contributed by atoms with Crippen LogP contribution in [0, 0.1) is 0 Å². The number of likely N-dealkylation sites (tertiary alicyclic amines) is 1. The van der Waals surface area contributed by atoms with Crippen molar-refractivity contribution in [3.63, 3.8) is 0 Å². The standard InChI is InChI=1S/C27H29NO4S/c29-21-8-4-19(5-9-21)26-27(33-25-13-10-22(30)18-24(25)32-26)20-6-11-23(12-7-20)31-17-16-28-14-2-1-3-15-28/h4-13,18,26-27,29-30H,1-3,14-17H2/t26-,27+/m1/s1. The van der Waals surface area contributed by atoms with Gasteiger partial charge in [-0.2, -0.15) is 0 Å². The van der Waals surface area contributed by atoms with Crippen molar-refractivity contribution in [2.45, 2.75) is 35.5 Å². The van der Waals surface area contributed by atoms with E-state index in [2.05, 4.69) is 17.0 Å². The summed E-state index contributed by atoms with van der Waals surface area (Å²) in [6.45, 7) is 4.03. The molecule has 2 N–H and O–H groups in total. The molecule has 0 radical (unpaired) electrons. The summed E-state index contributed by atoms with van der Waals surface area (Å²) < 4.78 is 12.4. The van der Waals surface area contributed by atoms with E-state index < -0.39 is 0 Å². The Balaban J connectivity index is 1.32. The second kappa shape index (κ2) is 9.98. The zero-order valence-electron chi connectivity index (χ0n) is 18.5. The predicted molar refractivity (Wildman–Crippen MR) is 130 cm³/mol. The summed E-state index contributed by atoms with van der Waals surface area (Å²) in [6, 6.07) is 20.7. The molecule has 0 saturated carbocycles. The fraction of sp³-hybridized carbons (Fsp3) is 0.333. The van der Waals surface area contributed by atoms with Gasteiger partial charge in [-0.05, 0) is 73.5 Å². The van der Waals surface area contributed by atoms with E-state index in [1.165, 1.54) is 32.4 Å². The number of benzene rings is 3. The highest BCUT2D eigenvalue weighted by atomic mass is 32.2. The molecule has 0 spiro atoms. The predicted octanol–water partition coefficient (Wildman–Crippen LogP) is 5.93. The maximum atomic E-state index is 9.91. The fourth-order valence-electron chi connectivity index (χ4n) is 4.46. The van der Waals surface area contributed by atoms with Crippen LogP contribution in [-0.2, 0) is 0 Å². The van der Waals surface area contributed by atoms with E-state index >= 15 is 0 Å². The molecule has 6 heteroatoms. The number of aromatic hydroxyl groups is 2. The summed E-state index contributed by atoms with van der Waals surface area (Å²) in [6.07, 6.45) is 3.68. The van der Waals surface area contributed by atoms with Gasteiger partial charge in [-0.1, -0.05) is 30.7 Å². The van der Waals surface area contributed by atoms with Gasteiger partial charge >= 0.3 is 0 Å². The normalized spacial score (nSPS) is 20.6. The molecule has 0 amide bonds. The molecule has 1 saturated heterocycles. The van der Waals surface area contributed by atoms with Gasteiger partial charge in [0.25, 0.3) is 0 Å². The number of hydrogen-bond acceptors (Lipinski definition) is 6. The average Bonchev–Trinajstić information content (AvgIpc) is 2.85. The van der Waals surface area contributed by atoms with E-state index in [4.69, 9.17) is 9.47 Å². The zero-order chi connectivity index (χ0) is 22.6. The van der Waals surface area contributed by atoms with E-state index in [0.717, 1.165) is 28.3 Å². The van der Waals surface area contributed by atoms with Crippen LogP contribution in [0.25, 0.3) is 0 Å². The lowest BCUT2D eigenvalue weighted by Crippen LogP contribution is -2.33. The lowest BCUT2D eigenvalue weighted by atomic mass is 10.00. The van der Waals surface area contributed by atoms with Crippen molar-refractivity contribution in [1.29, 1.82) is 0 Å². The molecule has 3 aromatic carbocycles. The minimum absolute atomic E-state index is 0.0222. The van der Waals surface area contributed by atoms with Gasteiger partial charge in [0.05, 0.1) is 10.1 Å². The van der Waals surface area contributed by atoms with Crippen LogP contribution in [0.3, 0.4) is 0 Å². The van der Waals surface area contributed by atoms with Crippen LogP contribution in [0.15, 0.2) is 71.6 Å². The van der Waals surface area contributed by atoms with Crippen LogP contribution in [0.5, 0.6) is 23.0 Å². The molecule has 3 aromatic rings. The minimum Gasteiger partial charge on any atom is -0.508 e. The summed E-state index contributed by atoms with van der Waals surface area (Å²) in [5.74, 6) is 1.96. The smallest absolute Gasteiger partial charge is 0.140 e. The van der Waals surface area contributed by atoms with E-state index in [0.29, 0.717) is 12.4 Å². The Morgan fingerprint density at radius 1 is 0.848 bits per heavy atom. The molecule has 2 aliphatic heterocycles. The molecule has 2 aliphatic rings. The number of phenolic OH excluding ortho intramolecular Hbond substituents is 2. The van der Waals surface area contributed by atoms with Crippen LogP contribution < -0.4 is 9.47 Å². The molecular weight excluding hydrogens is 434 g/mol. The Kier molecular flexibility index (Phi) is 6.65. The third-order valence-corrected chi connectivity index (χ3v) is 7.63. The highest BCUT2D eigenvalue weighted by Gasteiger charge is 2.33. The molecule has 172 valence electrons. The SMILES string of the molecule is Oc1ccc([C@H]2Oc3cc(O)ccc3S[C@H]2c2ccc(OCCN3CCCCC3)cc2)cc1. The molecule has 5 nitrogen and oxygen atoms in total. The first-order valence-electron chi connectivity index (χ1n) is 11.6. The first kappa shape index (κ1) is 22.0. The third-order valence-electron chi connectivity index (χ3n) is 6.27. The molecule has 2 heterocycles. The number of thioether (sulfide) groups is 1. The topological polar surface area (TPSA) is 62.2 Å². The van der Waals surface area contributed by atoms with Crippen molar-refractivity contribution in [3.8, 4) is 23.0 Å². The lowest BCUT2D eigenvalue weighted by Gasteiger charge is -2.34. The maximum Gasteiger partial charge on any atom is 0.140 e. The van der Waals surface area contributed by atoms with Crippen LogP contribution in [0.2, 0.25) is 0 Å². The zero-order valence-corrected chi connectivity index (χ0v) is 19.3. The van der Waals surface area contributed by atoms with E-state index in [1.54, 1.807) is 36.0 Å². The molecule has 0 bridgehead atoms. The van der Waals surface area contributed by atoms with Crippen molar-refractivity contribution < 1.29 is 19.7 Å². The van der Waals surface area contributed by atoms with Gasteiger partial charge in [0.2, 0.25) is 0 Å². The number of piperidine rings is 1. The van der Waals surface area contributed by atoms with Gasteiger partial charge in [-0.3, -0.25) is 4.90 Å². The first-order valence-corrected chi connectivity index (χ1v) is 12.4. The summed E-state index contributed by atoms with van der Waals surface area (Å²) in [5, 5.41) is 19.7. The quantitative estimate of drug-likeness (QED) is 0.472. The highest BCUT2D eigenvalue weighted by Crippen LogP contribution is 2.54. The summed E-state index contributed by atoms with van der Waals surface area (Å²) in [7, 11) is 0. The largest absolute Gasteiger partial charge is 0.508 e. The van der Waals surface area contributed by atoms with Crippen LogP contribution in [0.4, 0.5) is 0 Å². The molecule has 33 heavy (non-hydrogen) atoms. The number of hydrogen-bond donors (Lipinski definition) is 2. The summed E-state index contributed by atoms with van der Waals surface area (Å²) >= 11 is 1.72. The number of nitrogens with zero attached hydrogens (tertiary/aromatic N) is 1. The van der Waals surface area contributed by atoms with Crippen molar-refractivity contribution in [2.75, 3.05) is 26.2 Å². The van der Waals surface area contributed by atoms with Crippen LogP contribution >= 0.6 is 11.8 Å². The van der Waals surface area contributed by atoms with Gasteiger partial charge < -0.3 is 19.7 Å². The molecular formula is C27H29NO4S. The van der Waals surface area contributed by atoms with E-state index in [9.17, 15) is 10.2 Å². The first-order chi connectivity index (χ1) is 16.2. The second-order valence-electron chi connectivity index (χ2n) is 8.62. The Hall–Kier alpha value is -2.83. The molecule has 1 fully saturated rings. The van der Waals surface area contributed by atoms with Gasteiger partial charge in [0.1, 0.15) is 35.7 Å². The minimum atomic E-state index is -0.254. The monoisotopic (exact) mass is 463 g/mol. The lowest BCUT2D eigenvalue weighted by molar-refractivity contribution is 0.183.